The van der Waals surface area contributed by atoms with Crippen molar-refractivity contribution in [1.82, 2.24) is 9.97 Å². The first-order chi connectivity index (χ1) is 15.3. The van der Waals surface area contributed by atoms with E-state index < -0.39 is 9.84 Å². The monoisotopic (exact) mass is 503 g/mol. The standard InChI is InChI=1S/C21H17N3O4S4/c1-32(27,28)15-7-8-16-18(10-15)31-20(23-16)24-19(26)9-14-11-29-21(22-14)30-12-17(25)13-5-3-2-4-6-13/h2-8,10-11H,9,12H2,1H3,(H,23,24,26). The Labute approximate surface area is 196 Å². The zero-order valence-corrected chi connectivity index (χ0v) is 20.0. The van der Waals surface area contributed by atoms with Crippen molar-refractivity contribution in [3.63, 3.8) is 0 Å². The zero-order valence-electron chi connectivity index (χ0n) is 16.8. The smallest absolute Gasteiger partial charge is 0.232 e. The van der Waals surface area contributed by atoms with E-state index in [1.54, 1.807) is 29.6 Å². The van der Waals surface area contributed by atoms with E-state index in [-0.39, 0.29) is 28.8 Å². The highest BCUT2D eigenvalue weighted by Gasteiger charge is 2.14. The molecule has 7 nitrogen and oxygen atoms in total. The van der Waals surface area contributed by atoms with Gasteiger partial charge in [-0.15, -0.1) is 11.3 Å². The fourth-order valence-corrected chi connectivity index (χ4v) is 6.17. The number of nitrogens with zero attached hydrogens (tertiary/aromatic N) is 2. The van der Waals surface area contributed by atoms with Gasteiger partial charge in [-0.3, -0.25) is 9.59 Å². The number of hydrogen-bond donors (Lipinski definition) is 1. The SMILES string of the molecule is CS(=O)(=O)c1ccc2nc(NC(=O)Cc3csc(SCC(=O)c4ccccc4)n3)sc2c1. The van der Waals surface area contributed by atoms with Gasteiger partial charge in [-0.25, -0.2) is 18.4 Å². The number of hydrogen-bond acceptors (Lipinski definition) is 9. The second-order valence-corrected chi connectivity index (χ2v) is 12.0. The van der Waals surface area contributed by atoms with Crippen molar-refractivity contribution >= 4 is 71.3 Å². The molecule has 0 saturated heterocycles. The molecule has 0 saturated carbocycles. The first-order valence-corrected chi connectivity index (χ1v) is 13.9. The number of thioether (sulfide) groups is 1. The van der Waals surface area contributed by atoms with E-state index in [1.165, 1.54) is 40.5 Å². The molecule has 4 rings (SSSR count). The van der Waals surface area contributed by atoms with Gasteiger partial charge in [0.15, 0.2) is 25.1 Å². The summed E-state index contributed by atoms with van der Waals surface area (Å²) in [7, 11) is -3.31. The lowest BCUT2D eigenvalue weighted by Crippen LogP contribution is -2.14. The maximum absolute atomic E-state index is 12.4. The highest BCUT2D eigenvalue weighted by Crippen LogP contribution is 2.28. The van der Waals surface area contributed by atoms with Crippen molar-refractivity contribution in [1.29, 1.82) is 0 Å². The molecule has 11 heteroatoms. The van der Waals surface area contributed by atoms with Gasteiger partial charge in [0, 0.05) is 17.2 Å². The number of thiazole rings is 2. The lowest BCUT2D eigenvalue weighted by Gasteiger charge is -1.99. The number of Topliss-reactive ketones (excluding diaryl/α,β-unsaturated/α-hetero) is 1. The lowest BCUT2D eigenvalue weighted by atomic mass is 10.2. The predicted octanol–water partition coefficient (Wildman–Crippen LogP) is 4.31. The molecule has 164 valence electrons. The van der Waals surface area contributed by atoms with Crippen LogP contribution >= 0.6 is 34.4 Å². The third kappa shape index (κ3) is 5.60. The van der Waals surface area contributed by atoms with Crippen molar-refractivity contribution in [3.05, 3.63) is 65.2 Å². The van der Waals surface area contributed by atoms with Crippen molar-refractivity contribution in [2.24, 2.45) is 0 Å². The van der Waals surface area contributed by atoms with E-state index in [0.29, 0.717) is 26.6 Å². The van der Waals surface area contributed by atoms with Gasteiger partial charge in [0.2, 0.25) is 5.91 Å². The number of rotatable bonds is 8. The molecular formula is C21H17N3O4S4. The Balaban J connectivity index is 1.34. The minimum Gasteiger partial charge on any atom is -0.302 e. The Kier molecular flexibility index (Phi) is 6.70. The molecule has 1 N–H and O–H groups in total. The number of benzene rings is 2. The van der Waals surface area contributed by atoms with Crippen LogP contribution in [0.15, 0.2) is 63.1 Å². The summed E-state index contributed by atoms with van der Waals surface area (Å²) in [6.07, 6.45) is 1.23. The van der Waals surface area contributed by atoms with Gasteiger partial charge < -0.3 is 5.32 Å². The van der Waals surface area contributed by atoms with Crippen LogP contribution in [0.1, 0.15) is 16.1 Å². The van der Waals surface area contributed by atoms with Gasteiger partial charge in [-0.1, -0.05) is 53.4 Å². The van der Waals surface area contributed by atoms with Crippen LogP contribution in [0.25, 0.3) is 10.2 Å². The molecule has 0 radical (unpaired) electrons. The van der Waals surface area contributed by atoms with Gasteiger partial charge in [0.25, 0.3) is 0 Å². The van der Waals surface area contributed by atoms with Crippen LogP contribution in [0.4, 0.5) is 5.13 Å². The third-order valence-electron chi connectivity index (χ3n) is 4.33. The molecule has 2 aromatic heterocycles. The number of ketones is 1. The maximum Gasteiger partial charge on any atom is 0.232 e. The normalized spacial score (nSPS) is 11.5. The van der Waals surface area contributed by atoms with Gasteiger partial charge >= 0.3 is 0 Å². The Bertz CT molecular complexity index is 1390. The largest absolute Gasteiger partial charge is 0.302 e. The van der Waals surface area contributed by atoms with Gasteiger partial charge in [-0.05, 0) is 18.2 Å². The van der Waals surface area contributed by atoms with Crippen LogP contribution < -0.4 is 5.32 Å². The van der Waals surface area contributed by atoms with E-state index >= 15 is 0 Å². The molecule has 4 aromatic rings. The summed E-state index contributed by atoms with van der Waals surface area (Å²) in [5, 5.41) is 4.94. The van der Waals surface area contributed by atoms with Crippen molar-refractivity contribution in [2.45, 2.75) is 15.7 Å². The molecule has 0 bridgehead atoms. The molecule has 1 amide bonds. The minimum atomic E-state index is -3.31. The number of carbonyl (C=O) groups is 2. The van der Waals surface area contributed by atoms with Crippen molar-refractivity contribution in [3.8, 4) is 0 Å². The van der Waals surface area contributed by atoms with E-state index in [9.17, 15) is 18.0 Å². The first kappa shape index (κ1) is 22.6. The summed E-state index contributed by atoms with van der Waals surface area (Å²) in [6.45, 7) is 0. The fourth-order valence-electron chi connectivity index (χ4n) is 2.79. The van der Waals surface area contributed by atoms with Crippen LogP contribution in [0.5, 0.6) is 0 Å². The van der Waals surface area contributed by atoms with Crippen LogP contribution in [-0.4, -0.2) is 42.1 Å². The molecular weight excluding hydrogens is 487 g/mol. The Morgan fingerprint density at radius 1 is 1.09 bits per heavy atom. The average molecular weight is 504 g/mol. The number of aromatic nitrogens is 2. The molecule has 0 atom stereocenters. The molecule has 2 aromatic carbocycles. The molecule has 0 aliphatic heterocycles. The lowest BCUT2D eigenvalue weighted by molar-refractivity contribution is -0.115. The fraction of sp³-hybridized carbons (Fsp3) is 0.143. The van der Waals surface area contributed by atoms with E-state index in [2.05, 4.69) is 15.3 Å². The molecule has 0 fully saturated rings. The van der Waals surface area contributed by atoms with Gasteiger partial charge in [-0.2, -0.15) is 0 Å². The molecule has 0 aliphatic rings. The maximum atomic E-state index is 12.4. The van der Waals surface area contributed by atoms with Crippen LogP contribution in [0.3, 0.4) is 0 Å². The summed E-state index contributed by atoms with van der Waals surface area (Å²) < 4.78 is 24.8. The van der Waals surface area contributed by atoms with Gasteiger partial charge in [0.1, 0.15) is 0 Å². The Morgan fingerprint density at radius 3 is 2.62 bits per heavy atom. The molecule has 2 heterocycles. The number of fused-ring (bicyclic) bond motifs is 1. The van der Waals surface area contributed by atoms with Gasteiger partial charge in [0.05, 0.1) is 33.0 Å². The van der Waals surface area contributed by atoms with E-state index in [4.69, 9.17) is 0 Å². The molecule has 0 spiro atoms. The predicted molar refractivity (Wildman–Crippen MR) is 129 cm³/mol. The highest BCUT2D eigenvalue weighted by molar-refractivity contribution is 8.01. The van der Waals surface area contributed by atoms with E-state index in [1.807, 2.05) is 18.2 Å². The second kappa shape index (κ2) is 9.49. The van der Waals surface area contributed by atoms with Crippen molar-refractivity contribution < 1.29 is 18.0 Å². The summed E-state index contributed by atoms with van der Waals surface area (Å²) in [4.78, 5) is 33.6. The second-order valence-electron chi connectivity index (χ2n) is 6.83. The Morgan fingerprint density at radius 2 is 1.88 bits per heavy atom. The Hall–Kier alpha value is -2.60. The summed E-state index contributed by atoms with van der Waals surface area (Å²) in [6, 6.07) is 13.8. The van der Waals surface area contributed by atoms with Crippen LogP contribution in [0.2, 0.25) is 0 Å². The molecule has 32 heavy (non-hydrogen) atoms. The van der Waals surface area contributed by atoms with Crippen LogP contribution in [0, 0.1) is 0 Å². The molecule has 0 aliphatic carbocycles. The summed E-state index contributed by atoms with van der Waals surface area (Å²) in [5.41, 5.74) is 1.89. The zero-order chi connectivity index (χ0) is 22.7. The number of anilines is 1. The number of sulfone groups is 1. The minimum absolute atomic E-state index is 0.0277. The number of carbonyl (C=O) groups excluding carboxylic acids is 2. The average Bonchev–Trinajstić information content (AvgIpc) is 3.37. The third-order valence-corrected chi connectivity index (χ3v) is 8.44. The summed E-state index contributed by atoms with van der Waals surface area (Å²) >= 11 is 3.95. The topological polar surface area (TPSA) is 106 Å². The first-order valence-electron chi connectivity index (χ1n) is 9.34. The summed E-state index contributed by atoms with van der Waals surface area (Å²) in [5.74, 6) is 0.0409. The quantitative estimate of drug-likeness (QED) is 0.282. The number of amides is 1. The molecule has 0 unspecified atom stereocenters. The van der Waals surface area contributed by atoms with E-state index in [0.717, 1.165) is 10.6 Å². The van der Waals surface area contributed by atoms with Crippen LogP contribution in [-0.2, 0) is 21.1 Å². The van der Waals surface area contributed by atoms with Crippen molar-refractivity contribution in [2.75, 3.05) is 17.3 Å². The number of nitrogens with one attached hydrogen (secondary N) is 1. The highest BCUT2D eigenvalue weighted by atomic mass is 32.2.